The van der Waals surface area contributed by atoms with Crippen LogP contribution in [0.25, 0.3) is 0 Å². The predicted octanol–water partition coefficient (Wildman–Crippen LogP) is 18.2. The molecule has 0 aromatic carbocycles. The van der Waals surface area contributed by atoms with E-state index in [0.29, 0.717) is 5.92 Å². The van der Waals surface area contributed by atoms with Crippen LogP contribution in [-0.4, -0.2) is 10.7 Å². The lowest BCUT2D eigenvalue weighted by Crippen LogP contribution is -2.38. The zero-order valence-electron chi connectivity index (χ0n) is 35.9. The Hall–Kier alpha value is -0.0400. The van der Waals surface area contributed by atoms with Crippen LogP contribution in [0.5, 0.6) is 0 Å². The van der Waals surface area contributed by atoms with E-state index < -0.39 is 5.60 Å². The van der Waals surface area contributed by atoms with Gasteiger partial charge in [-0.15, -0.1) is 0 Å². The molecule has 0 saturated heterocycles. The second-order valence-electron chi connectivity index (χ2n) is 17.3. The lowest BCUT2D eigenvalue weighted by atomic mass is 9.74. The summed E-state index contributed by atoms with van der Waals surface area (Å²) in [7, 11) is 0. The molecule has 302 valence electrons. The van der Waals surface area contributed by atoms with E-state index in [-0.39, 0.29) is 0 Å². The van der Waals surface area contributed by atoms with Gasteiger partial charge in [-0.1, -0.05) is 278 Å². The van der Waals surface area contributed by atoms with Crippen LogP contribution in [0, 0.1) is 5.92 Å². The molecule has 1 nitrogen and oxygen atoms in total. The van der Waals surface area contributed by atoms with Gasteiger partial charge >= 0.3 is 0 Å². The maximum Gasteiger partial charge on any atom is 0.0675 e. The number of aliphatic hydroxyl groups is 1. The predicted molar refractivity (Wildman–Crippen MR) is 230 cm³/mol. The van der Waals surface area contributed by atoms with Gasteiger partial charge in [-0.3, -0.25) is 0 Å². The first-order chi connectivity index (χ1) is 24.6. The van der Waals surface area contributed by atoms with E-state index >= 15 is 0 Å². The topological polar surface area (TPSA) is 20.2 Å². The fourth-order valence-corrected chi connectivity index (χ4v) is 8.63. The second-order valence-corrected chi connectivity index (χ2v) is 17.3. The molecule has 0 bridgehead atoms. The largest absolute Gasteiger partial charge is 0.390 e. The highest BCUT2D eigenvalue weighted by molar-refractivity contribution is 4.87. The fourth-order valence-electron chi connectivity index (χ4n) is 8.63. The van der Waals surface area contributed by atoms with Crippen molar-refractivity contribution < 1.29 is 5.11 Å². The normalized spacial score (nSPS) is 13.6. The van der Waals surface area contributed by atoms with Gasteiger partial charge in [0.25, 0.3) is 0 Å². The van der Waals surface area contributed by atoms with Crippen LogP contribution in [0.2, 0.25) is 0 Å². The Balaban J connectivity index is 4.92. The molecule has 0 heterocycles. The molecular weight excluding hydrogens is 605 g/mol. The lowest BCUT2D eigenvalue weighted by molar-refractivity contribution is -0.0457. The Morgan fingerprint density at radius 2 is 0.440 bits per heavy atom. The highest BCUT2D eigenvalue weighted by atomic mass is 16.3. The van der Waals surface area contributed by atoms with Gasteiger partial charge in [0.2, 0.25) is 0 Å². The van der Waals surface area contributed by atoms with Crippen LogP contribution in [0.3, 0.4) is 0 Å². The molecule has 50 heavy (non-hydrogen) atoms. The number of hydrogen-bond donors (Lipinski definition) is 1. The highest BCUT2D eigenvalue weighted by Crippen LogP contribution is 2.37. The minimum atomic E-state index is -0.416. The monoisotopic (exact) mass is 705 g/mol. The van der Waals surface area contributed by atoms with E-state index in [1.807, 2.05) is 0 Å². The molecule has 2 unspecified atom stereocenters. The summed E-state index contributed by atoms with van der Waals surface area (Å²) in [5.74, 6) is 0.526. The molecule has 1 N–H and O–H groups in total. The molecule has 0 aliphatic heterocycles. The summed E-state index contributed by atoms with van der Waals surface area (Å²) in [4.78, 5) is 0. The molecule has 0 aliphatic carbocycles. The van der Waals surface area contributed by atoms with Crippen LogP contribution in [0.4, 0.5) is 0 Å². The fraction of sp³-hybridized carbons (Fsp3) is 1.00. The average Bonchev–Trinajstić information content (AvgIpc) is 3.12. The van der Waals surface area contributed by atoms with Crippen LogP contribution in [0.1, 0.15) is 304 Å². The van der Waals surface area contributed by atoms with Gasteiger partial charge < -0.3 is 5.11 Å². The van der Waals surface area contributed by atoms with E-state index in [0.717, 1.165) is 12.8 Å². The number of unbranched alkanes of at least 4 members (excludes halogenated alkanes) is 35. The zero-order chi connectivity index (χ0) is 36.5. The Morgan fingerprint density at radius 1 is 0.260 bits per heavy atom. The summed E-state index contributed by atoms with van der Waals surface area (Å²) < 4.78 is 0. The van der Waals surface area contributed by atoms with Crippen molar-refractivity contribution in [3.63, 3.8) is 0 Å². The third kappa shape index (κ3) is 35.0. The Morgan fingerprint density at radius 3 is 0.660 bits per heavy atom. The summed E-state index contributed by atoms with van der Waals surface area (Å²) in [5.41, 5.74) is -0.416. The molecule has 2 atom stereocenters. The van der Waals surface area contributed by atoms with E-state index in [2.05, 4.69) is 27.7 Å². The van der Waals surface area contributed by atoms with Crippen LogP contribution in [-0.2, 0) is 0 Å². The molecule has 0 rings (SSSR count). The highest BCUT2D eigenvalue weighted by Gasteiger charge is 2.34. The van der Waals surface area contributed by atoms with Crippen molar-refractivity contribution >= 4 is 0 Å². The molecule has 0 aliphatic rings. The molecule has 0 radical (unpaired) electrons. The Kier molecular flexibility index (Phi) is 41.7. The quantitative estimate of drug-likeness (QED) is 0.0626. The molecule has 1 heteroatoms. The van der Waals surface area contributed by atoms with Gasteiger partial charge in [0.05, 0.1) is 5.60 Å². The maximum atomic E-state index is 12.6. The van der Waals surface area contributed by atoms with Crippen molar-refractivity contribution in [1.82, 2.24) is 0 Å². The van der Waals surface area contributed by atoms with Gasteiger partial charge in [-0.05, 0) is 31.6 Å². The molecule has 0 amide bonds. The van der Waals surface area contributed by atoms with E-state index in [1.165, 1.54) is 263 Å². The SMILES string of the molecule is CCCCCCCCCCCCCCC(O)(CCCCCCCCCC)C(CCCCCCCCCC)CCCCCCCCCCCCC. The van der Waals surface area contributed by atoms with E-state index in [1.54, 1.807) is 0 Å². The first-order valence-electron chi connectivity index (χ1n) is 24.4. The zero-order valence-corrected chi connectivity index (χ0v) is 35.9. The van der Waals surface area contributed by atoms with Crippen molar-refractivity contribution in [3.05, 3.63) is 0 Å². The van der Waals surface area contributed by atoms with Gasteiger partial charge in [0.15, 0.2) is 0 Å². The minimum absolute atomic E-state index is 0.416. The van der Waals surface area contributed by atoms with Crippen molar-refractivity contribution in [2.24, 2.45) is 5.92 Å². The minimum Gasteiger partial charge on any atom is -0.390 e. The number of rotatable bonds is 44. The first-order valence-corrected chi connectivity index (χ1v) is 24.4. The Bertz CT molecular complexity index is 600. The molecule has 0 saturated carbocycles. The summed E-state index contributed by atoms with van der Waals surface area (Å²) in [5, 5.41) is 12.6. The standard InChI is InChI=1S/C49H100O/c1-5-9-13-17-21-25-27-29-31-35-39-43-47-49(50,46-42-38-34-24-20-16-12-8-4)48(44-40-36-32-23-19-15-11-7-3)45-41-37-33-30-28-26-22-18-14-10-6-2/h48,50H,5-47H2,1-4H3. The van der Waals surface area contributed by atoms with Gasteiger partial charge in [0.1, 0.15) is 0 Å². The van der Waals surface area contributed by atoms with Gasteiger partial charge in [-0.2, -0.15) is 0 Å². The third-order valence-electron chi connectivity index (χ3n) is 12.2. The van der Waals surface area contributed by atoms with E-state index in [4.69, 9.17) is 0 Å². The van der Waals surface area contributed by atoms with Crippen LogP contribution >= 0.6 is 0 Å². The molecule has 0 fully saturated rings. The van der Waals surface area contributed by atoms with Crippen molar-refractivity contribution in [2.45, 2.75) is 309 Å². The van der Waals surface area contributed by atoms with Crippen molar-refractivity contribution in [3.8, 4) is 0 Å². The first kappa shape index (κ1) is 50.0. The third-order valence-corrected chi connectivity index (χ3v) is 12.2. The summed E-state index contributed by atoms with van der Waals surface area (Å²) in [6.07, 6.45) is 59.1. The summed E-state index contributed by atoms with van der Waals surface area (Å²) in [6.45, 7) is 9.27. The smallest absolute Gasteiger partial charge is 0.0675 e. The average molecular weight is 705 g/mol. The van der Waals surface area contributed by atoms with Crippen LogP contribution < -0.4 is 0 Å². The molecule has 0 aromatic heterocycles. The molecule has 0 aromatic rings. The molecular formula is C49H100O. The second kappa shape index (κ2) is 41.7. The van der Waals surface area contributed by atoms with Crippen molar-refractivity contribution in [1.29, 1.82) is 0 Å². The number of hydrogen-bond acceptors (Lipinski definition) is 1. The van der Waals surface area contributed by atoms with Crippen LogP contribution in [0.15, 0.2) is 0 Å². The Labute approximate surface area is 319 Å². The van der Waals surface area contributed by atoms with E-state index in [9.17, 15) is 5.11 Å². The molecule has 0 spiro atoms. The van der Waals surface area contributed by atoms with Gasteiger partial charge in [0, 0.05) is 0 Å². The van der Waals surface area contributed by atoms with Gasteiger partial charge in [-0.25, -0.2) is 0 Å². The summed E-state index contributed by atoms with van der Waals surface area (Å²) in [6, 6.07) is 0. The summed E-state index contributed by atoms with van der Waals surface area (Å²) >= 11 is 0. The van der Waals surface area contributed by atoms with Crippen molar-refractivity contribution in [2.75, 3.05) is 0 Å². The maximum absolute atomic E-state index is 12.6. The lowest BCUT2D eigenvalue weighted by Gasteiger charge is -2.37.